The molecule has 1 aliphatic rings. The molecule has 2 heterocycles. The number of hydrogen-bond donors (Lipinski definition) is 3. The third-order valence-electron chi connectivity index (χ3n) is 5.96. The van der Waals surface area contributed by atoms with Gasteiger partial charge in [0.1, 0.15) is 6.04 Å². The first-order valence-corrected chi connectivity index (χ1v) is 10.9. The SMILES string of the molecule is COC(=O)[C@H](Cc1c[nH]c2ccccc12)NC(=O)C(c1ccc2c(c1)OCO2)C(O)C(C)C. The van der Waals surface area contributed by atoms with Crippen LogP contribution in [0, 0.1) is 5.92 Å². The minimum absolute atomic E-state index is 0.109. The van der Waals surface area contributed by atoms with Crippen LogP contribution >= 0.6 is 0 Å². The zero-order valence-corrected chi connectivity index (χ0v) is 18.8. The third kappa shape index (κ3) is 4.66. The van der Waals surface area contributed by atoms with Crippen LogP contribution in [0.4, 0.5) is 0 Å². The van der Waals surface area contributed by atoms with E-state index in [-0.39, 0.29) is 19.1 Å². The van der Waals surface area contributed by atoms with Crippen LogP contribution in [0.5, 0.6) is 11.5 Å². The number of amides is 1. The van der Waals surface area contributed by atoms with Crippen molar-refractivity contribution >= 4 is 22.8 Å². The summed E-state index contributed by atoms with van der Waals surface area (Å²) in [5.41, 5.74) is 2.40. The topological polar surface area (TPSA) is 110 Å². The largest absolute Gasteiger partial charge is 0.467 e. The van der Waals surface area contributed by atoms with E-state index in [1.807, 2.05) is 44.3 Å². The maximum absolute atomic E-state index is 13.5. The first-order valence-electron chi connectivity index (χ1n) is 10.9. The number of esters is 1. The van der Waals surface area contributed by atoms with Gasteiger partial charge in [-0.05, 0) is 35.2 Å². The van der Waals surface area contributed by atoms with Gasteiger partial charge < -0.3 is 29.6 Å². The van der Waals surface area contributed by atoms with Crippen molar-refractivity contribution in [2.45, 2.75) is 38.3 Å². The lowest BCUT2D eigenvalue weighted by Crippen LogP contribution is -2.47. The molecule has 0 radical (unpaired) electrons. The van der Waals surface area contributed by atoms with Crippen LogP contribution in [-0.2, 0) is 20.7 Å². The van der Waals surface area contributed by atoms with Gasteiger partial charge in [-0.1, -0.05) is 38.1 Å². The highest BCUT2D eigenvalue weighted by molar-refractivity contribution is 5.90. The van der Waals surface area contributed by atoms with Gasteiger partial charge in [0.25, 0.3) is 0 Å². The Morgan fingerprint density at radius 1 is 1.15 bits per heavy atom. The van der Waals surface area contributed by atoms with Gasteiger partial charge in [-0.15, -0.1) is 0 Å². The van der Waals surface area contributed by atoms with E-state index in [9.17, 15) is 14.7 Å². The third-order valence-corrected chi connectivity index (χ3v) is 5.96. The van der Waals surface area contributed by atoms with Crippen molar-refractivity contribution in [2.24, 2.45) is 5.92 Å². The quantitative estimate of drug-likeness (QED) is 0.454. The van der Waals surface area contributed by atoms with E-state index in [1.165, 1.54) is 7.11 Å². The van der Waals surface area contributed by atoms with Gasteiger partial charge in [-0.25, -0.2) is 4.79 Å². The number of hydrogen-bond acceptors (Lipinski definition) is 6. The van der Waals surface area contributed by atoms with Gasteiger partial charge in [-0.2, -0.15) is 0 Å². The minimum atomic E-state index is -0.975. The molecule has 1 aromatic heterocycles. The molecule has 3 aromatic rings. The molecule has 8 heteroatoms. The molecule has 4 rings (SSSR count). The number of benzene rings is 2. The molecule has 0 saturated heterocycles. The van der Waals surface area contributed by atoms with Crippen molar-refractivity contribution in [3.05, 3.63) is 59.8 Å². The molecular formula is C25H28N2O6. The number of H-pyrrole nitrogens is 1. The number of methoxy groups -OCH3 is 1. The molecule has 174 valence electrons. The Hall–Kier alpha value is -3.52. The number of rotatable bonds is 8. The molecular weight excluding hydrogens is 424 g/mol. The van der Waals surface area contributed by atoms with Gasteiger partial charge in [0.2, 0.25) is 12.7 Å². The molecule has 33 heavy (non-hydrogen) atoms. The zero-order valence-electron chi connectivity index (χ0n) is 18.8. The lowest BCUT2D eigenvalue weighted by Gasteiger charge is -2.27. The smallest absolute Gasteiger partial charge is 0.328 e. The van der Waals surface area contributed by atoms with Gasteiger partial charge in [-0.3, -0.25) is 4.79 Å². The second kappa shape index (κ2) is 9.54. The maximum atomic E-state index is 13.5. The Bertz CT molecular complexity index is 1150. The molecule has 0 fully saturated rings. The fourth-order valence-corrected chi connectivity index (χ4v) is 4.11. The maximum Gasteiger partial charge on any atom is 0.328 e. The summed E-state index contributed by atoms with van der Waals surface area (Å²) < 4.78 is 15.8. The first kappa shape index (κ1) is 22.7. The zero-order chi connectivity index (χ0) is 23.5. The minimum Gasteiger partial charge on any atom is -0.467 e. The van der Waals surface area contributed by atoms with Gasteiger partial charge in [0.15, 0.2) is 11.5 Å². The van der Waals surface area contributed by atoms with Gasteiger partial charge >= 0.3 is 5.97 Å². The molecule has 2 aromatic carbocycles. The summed E-state index contributed by atoms with van der Waals surface area (Å²) in [6.45, 7) is 3.78. The molecule has 2 unspecified atom stereocenters. The van der Waals surface area contributed by atoms with Crippen LogP contribution in [0.25, 0.3) is 10.9 Å². The number of fused-ring (bicyclic) bond motifs is 2. The van der Waals surface area contributed by atoms with E-state index in [0.717, 1.165) is 16.5 Å². The molecule has 1 amide bonds. The van der Waals surface area contributed by atoms with E-state index in [1.54, 1.807) is 18.2 Å². The number of aliphatic hydroxyl groups excluding tert-OH is 1. The van der Waals surface area contributed by atoms with Crippen molar-refractivity contribution in [3.63, 3.8) is 0 Å². The molecule has 3 atom stereocenters. The number of aromatic nitrogens is 1. The summed E-state index contributed by atoms with van der Waals surface area (Å²) in [6.07, 6.45) is 1.09. The Labute approximate surface area is 191 Å². The van der Waals surface area contributed by atoms with E-state index >= 15 is 0 Å². The van der Waals surface area contributed by atoms with Crippen molar-refractivity contribution in [1.29, 1.82) is 0 Å². The number of ether oxygens (including phenoxy) is 3. The molecule has 0 spiro atoms. The first-order chi connectivity index (χ1) is 15.9. The van der Waals surface area contributed by atoms with Gasteiger partial charge in [0.05, 0.1) is 19.1 Å². The van der Waals surface area contributed by atoms with E-state index in [4.69, 9.17) is 14.2 Å². The summed E-state index contributed by atoms with van der Waals surface area (Å²) >= 11 is 0. The molecule has 1 aliphatic heterocycles. The number of aromatic amines is 1. The monoisotopic (exact) mass is 452 g/mol. The number of aliphatic hydroxyl groups is 1. The number of para-hydroxylation sites is 1. The molecule has 3 N–H and O–H groups in total. The highest BCUT2D eigenvalue weighted by atomic mass is 16.7. The van der Waals surface area contributed by atoms with Gasteiger partial charge in [0, 0.05) is 23.5 Å². The highest BCUT2D eigenvalue weighted by Crippen LogP contribution is 2.36. The van der Waals surface area contributed by atoms with E-state index < -0.39 is 29.9 Å². The van der Waals surface area contributed by atoms with Crippen molar-refractivity contribution in [1.82, 2.24) is 10.3 Å². The molecule has 0 aliphatic carbocycles. The number of nitrogens with one attached hydrogen (secondary N) is 2. The summed E-state index contributed by atoms with van der Waals surface area (Å²) in [5.74, 6) is -1.03. The fourth-order valence-electron chi connectivity index (χ4n) is 4.11. The average Bonchev–Trinajstić information content (AvgIpc) is 3.45. The normalized spacial score (nSPS) is 15.3. The Balaban J connectivity index is 1.61. The second-order valence-electron chi connectivity index (χ2n) is 8.47. The lowest BCUT2D eigenvalue weighted by molar-refractivity contribution is -0.145. The summed E-state index contributed by atoms with van der Waals surface area (Å²) in [4.78, 5) is 29.2. The predicted molar refractivity (Wildman–Crippen MR) is 122 cm³/mol. The summed E-state index contributed by atoms with van der Waals surface area (Å²) in [5, 5.41) is 14.7. The summed E-state index contributed by atoms with van der Waals surface area (Å²) in [6, 6.07) is 12.0. The number of carbonyl (C=O) groups excluding carboxylic acids is 2. The number of carbonyl (C=O) groups is 2. The summed E-state index contributed by atoms with van der Waals surface area (Å²) in [7, 11) is 1.29. The highest BCUT2D eigenvalue weighted by Gasteiger charge is 2.34. The predicted octanol–water partition coefficient (Wildman–Crippen LogP) is 2.90. The average molecular weight is 453 g/mol. The van der Waals surface area contributed by atoms with Crippen molar-refractivity contribution < 1.29 is 28.9 Å². The van der Waals surface area contributed by atoms with Crippen LogP contribution in [0.15, 0.2) is 48.7 Å². The lowest BCUT2D eigenvalue weighted by atomic mass is 9.86. The Morgan fingerprint density at radius 3 is 2.67 bits per heavy atom. The van der Waals surface area contributed by atoms with E-state index in [2.05, 4.69) is 10.3 Å². The van der Waals surface area contributed by atoms with Crippen LogP contribution in [-0.4, -0.2) is 48.0 Å². The van der Waals surface area contributed by atoms with Crippen LogP contribution in [0.1, 0.15) is 30.9 Å². The van der Waals surface area contributed by atoms with E-state index in [0.29, 0.717) is 17.1 Å². The Morgan fingerprint density at radius 2 is 1.91 bits per heavy atom. The fraction of sp³-hybridized carbons (Fsp3) is 0.360. The molecule has 0 bridgehead atoms. The van der Waals surface area contributed by atoms with Crippen LogP contribution in [0.2, 0.25) is 0 Å². The van der Waals surface area contributed by atoms with Crippen LogP contribution < -0.4 is 14.8 Å². The van der Waals surface area contributed by atoms with Crippen molar-refractivity contribution in [2.75, 3.05) is 13.9 Å². The molecule has 0 saturated carbocycles. The van der Waals surface area contributed by atoms with Crippen molar-refractivity contribution in [3.8, 4) is 11.5 Å². The standard InChI is InChI=1S/C25H28N2O6/c1-14(2)23(28)22(15-8-9-20-21(11-15)33-13-32-20)24(29)27-19(25(30)31-3)10-16-12-26-18-7-5-4-6-17(16)18/h4-9,11-12,14,19,22-23,26,28H,10,13H2,1-3H3,(H,27,29)/t19-,22?,23?/m0/s1. The van der Waals surface area contributed by atoms with Crippen LogP contribution in [0.3, 0.4) is 0 Å². The second-order valence-corrected chi connectivity index (χ2v) is 8.47. The molecule has 8 nitrogen and oxygen atoms in total. The Kier molecular flexibility index (Phi) is 6.55.